The highest BCUT2D eigenvalue weighted by molar-refractivity contribution is 5.87. The Balaban J connectivity index is 1.47. The highest BCUT2D eigenvalue weighted by Crippen LogP contribution is 2.39. The summed E-state index contributed by atoms with van der Waals surface area (Å²) in [4.78, 5) is 24.7. The van der Waals surface area contributed by atoms with Crippen LogP contribution in [0.4, 0.5) is 0 Å². The molecular weight excluding hydrogens is 316 g/mol. The Morgan fingerprint density at radius 2 is 2.20 bits per heavy atom. The number of piperidine rings is 1. The largest absolute Gasteiger partial charge is 0.375 e. The van der Waals surface area contributed by atoms with Crippen LogP contribution in [0, 0.1) is 5.92 Å². The van der Waals surface area contributed by atoms with E-state index in [9.17, 15) is 4.79 Å². The SMILES string of the molecule is CN(C)C/C=C/C(=O)N1CCC2(CC1)CC(Cc1cnccn1)CO2. The molecule has 6 heteroatoms. The number of nitrogens with zero attached hydrogens (tertiary/aromatic N) is 4. The fourth-order valence-corrected chi connectivity index (χ4v) is 3.75. The maximum Gasteiger partial charge on any atom is 0.246 e. The van der Waals surface area contributed by atoms with Crippen LogP contribution >= 0.6 is 0 Å². The molecule has 0 radical (unpaired) electrons. The lowest BCUT2D eigenvalue weighted by atomic mass is 9.84. The van der Waals surface area contributed by atoms with Gasteiger partial charge in [0, 0.05) is 44.3 Å². The summed E-state index contributed by atoms with van der Waals surface area (Å²) in [6.45, 7) is 3.13. The van der Waals surface area contributed by atoms with Crippen LogP contribution in [-0.4, -0.2) is 71.6 Å². The Labute approximate surface area is 149 Å². The first-order chi connectivity index (χ1) is 12.1. The molecule has 1 amide bonds. The lowest BCUT2D eigenvalue weighted by molar-refractivity contribution is -0.130. The minimum absolute atomic E-state index is 0.0446. The minimum atomic E-state index is -0.0446. The van der Waals surface area contributed by atoms with Crippen LogP contribution < -0.4 is 0 Å². The highest BCUT2D eigenvalue weighted by atomic mass is 16.5. The Morgan fingerprint density at radius 3 is 2.88 bits per heavy atom. The fourth-order valence-electron chi connectivity index (χ4n) is 3.75. The molecular formula is C19H28N4O2. The topological polar surface area (TPSA) is 58.6 Å². The van der Waals surface area contributed by atoms with Crippen molar-refractivity contribution >= 4 is 5.91 Å². The second-order valence-corrected chi connectivity index (χ2v) is 7.45. The Morgan fingerprint density at radius 1 is 1.40 bits per heavy atom. The number of hydrogen-bond acceptors (Lipinski definition) is 5. The first-order valence-electron chi connectivity index (χ1n) is 9.05. The predicted octanol–water partition coefficient (Wildman–Crippen LogP) is 1.53. The van der Waals surface area contributed by atoms with Crippen LogP contribution in [0.25, 0.3) is 0 Å². The van der Waals surface area contributed by atoms with Crippen molar-refractivity contribution in [3.8, 4) is 0 Å². The van der Waals surface area contributed by atoms with Gasteiger partial charge in [-0.3, -0.25) is 14.8 Å². The van der Waals surface area contributed by atoms with Crippen molar-refractivity contribution in [3.05, 3.63) is 36.4 Å². The molecule has 1 unspecified atom stereocenters. The molecule has 3 heterocycles. The van der Waals surface area contributed by atoms with Gasteiger partial charge < -0.3 is 14.5 Å². The number of amides is 1. The summed E-state index contributed by atoms with van der Waals surface area (Å²) < 4.78 is 6.20. The molecule has 1 aromatic heterocycles. The highest BCUT2D eigenvalue weighted by Gasteiger charge is 2.43. The molecule has 2 aliphatic heterocycles. The molecule has 0 N–H and O–H groups in total. The van der Waals surface area contributed by atoms with Crippen LogP contribution in [0.3, 0.4) is 0 Å². The zero-order valence-corrected chi connectivity index (χ0v) is 15.2. The lowest BCUT2D eigenvalue weighted by Crippen LogP contribution is -2.46. The maximum atomic E-state index is 12.3. The lowest BCUT2D eigenvalue weighted by Gasteiger charge is -2.38. The monoisotopic (exact) mass is 344 g/mol. The van der Waals surface area contributed by atoms with Crippen molar-refractivity contribution < 1.29 is 9.53 Å². The molecule has 1 aromatic rings. The molecule has 2 saturated heterocycles. The zero-order valence-electron chi connectivity index (χ0n) is 15.2. The van der Waals surface area contributed by atoms with Gasteiger partial charge in [-0.1, -0.05) is 6.08 Å². The number of aromatic nitrogens is 2. The first kappa shape index (κ1) is 18.0. The number of ether oxygens (including phenoxy) is 1. The quantitative estimate of drug-likeness (QED) is 0.758. The predicted molar refractivity (Wildman–Crippen MR) is 96.0 cm³/mol. The fraction of sp³-hybridized carbons (Fsp3) is 0.632. The summed E-state index contributed by atoms with van der Waals surface area (Å²) in [5, 5.41) is 0. The van der Waals surface area contributed by atoms with Crippen molar-refractivity contribution in [2.45, 2.75) is 31.3 Å². The molecule has 2 fully saturated rings. The van der Waals surface area contributed by atoms with Crippen molar-refractivity contribution in [1.82, 2.24) is 19.8 Å². The number of carbonyl (C=O) groups excluding carboxylic acids is 1. The van der Waals surface area contributed by atoms with E-state index in [1.54, 1.807) is 18.5 Å². The third kappa shape index (κ3) is 4.86. The van der Waals surface area contributed by atoms with E-state index in [0.717, 1.165) is 57.6 Å². The Hall–Kier alpha value is -1.79. The second-order valence-electron chi connectivity index (χ2n) is 7.45. The molecule has 25 heavy (non-hydrogen) atoms. The molecule has 6 nitrogen and oxygen atoms in total. The molecule has 0 saturated carbocycles. The molecule has 0 aliphatic carbocycles. The number of likely N-dealkylation sites (N-methyl/N-ethyl adjacent to an activating group) is 1. The van der Waals surface area contributed by atoms with Crippen LogP contribution in [0.15, 0.2) is 30.7 Å². The first-order valence-corrected chi connectivity index (χ1v) is 9.05. The number of rotatable bonds is 5. The average molecular weight is 344 g/mol. The van der Waals surface area contributed by atoms with E-state index in [1.807, 2.05) is 36.2 Å². The summed E-state index contributed by atoms with van der Waals surface area (Å²) in [6.07, 6.45) is 12.7. The zero-order chi connectivity index (χ0) is 17.7. The molecule has 0 bridgehead atoms. The van der Waals surface area contributed by atoms with E-state index < -0.39 is 0 Å². The molecule has 2 aliphatic rings. The van der Waals surface area contributed by atoms with Crippen molar-refractivity contribution in [2.24, 2.45) is 5.92 Å². The van der Waals surface area contributed by atoms with E-state index in [0.29, 0.717) is 5.92 Å². The molecule has 136 valence electrons. The second kappa shape index (κ2) is 8.06. The van der Waals surface area contributed by atoms with Crippen LogP contribution in [-0.2, 0) is 16.0 Å². The van der Waals surface area contributed by atoms with Gasteiger partial charge >= 0.3 is 0 Å². The number of carbonyl (C=O) groups is 1. The molecule has 1 atom stereocenters. The van der Waals surface area contributed by atoms with Gasteiger partial charge in [0.25, 0.3) is 0 Å². The normalized spacial score (nSPS) is 23.0. The average Bonchev–Trinajstić information content (AvgIpc) is 2.98. The minimum Gasteiger partial charge on any atom is -0.375 e. The van der Waals surface area contributed by atoms with Gasteiger partial charge in [-0.15, -0.1) is 0 Å². The van der Waals surface area contributed by atoms with E-state index >= 15 is 0 Å². The van der Waals surface area contributed by atoms with Crippen LogP contribution in [0.2, 0.25) is 0 Å². The molecule has 1 spiro atoms. The Kier molecular flexibility index (Phi) is 5.81. The number of likely N-dealkylation sites (tertiary alicyclic amines) is 1. The van der Waals surface area contributed by atoms with E-state index in [4.69, 9.17) is 4.74 Å². The van der Waals surface area contributed by atoms with Gasteiger partial charge in [-0.25, -0.2) is 0 Å². The van der Waals surface area contributed by atoms with Gasteiger partial charge in [0.1, 0.15) is 0 Å². The maximum absolute atomic E-state index is 12.3. The third-order valence-corrected chi connectivity index (χ3v) is 5.12. The van der Waals surface area contributed by atoms with Gasteiger partial charge in [0.2, 0.25) is 5.91 Å². The Bertz CT molecular complexity index is 595. The van der Waals surface area contributed by atoms with Crippen molar-refractivity contribution in [3.63, 3.8) is 0 Å². The summed E-state index contributed by atoms with van der Waals surface area (Å²) >= 11 is 0. The number of hydrogen-bond donors (Lipinski definition) is 0. The van der Waals surface area contributed by atoms with Gasteiger partial charge in [0.05, 0.1) is 17.9 Å². The van der Waals surface area contributed by atoms with Crippen molar-refractivity contribution in [2.75, 3.05) is 40.3 Å². The van der Waals surface area contributed by atoms with Gasteiger partial charge in [-0.05, 0) is 45.7 Å². The summed E-state index contributed by atoms with van der Waals surface area (Å²) in [6, 6.07) is 0. The van der Waals surface area contributed by atoms with Gasteiger partial charge in [0.15, 0.2) is 0 Å². The van der Waals surface area contributed by atoms with E-state index in [-0.39, 0.29) is 11.5 Å². The summed E-state index contributed by atoms with van der Waals surface area (Å²) in [5.41, 5.74) is 0.989. The molecule has 3 rings (SSSR count). The standard InChI is InChI=1S/C19H28N4O2/c1-22(2)9-3-4-18(24)23-10-5-19(6-11-23)13-16(15-25-19)12-17-14-20-7-8-21-17/h3-4,7-8,14,16H,5-6,9-13,15H2,1-2H3/b4-3+. The van der Waals surface area contributed by atoms with Crippen molar-refractivity contribution in [1.29, 1.82) is 0 Å². The van der Waals surface area contributed by atoms with E-state index in [1.165, 1.54) is 0 Å². The third-order valence-electron chi connectivity index (χ3n) is 5.12. The van der Waals surface area contributed by atoms with Crippen LogP contribution in [0.1, 0.15) is 25.0 Å². The smallest absolute Gasteiger partial charge is 0.246 e. The summed E-state index contributed by atoms with van der Waals surface area (Å²) in [5.74, 6) is 0.616. The molecule has 0 aromatic carbocycles. The summed E-state index contributed by atoms with van der Waals surface area (Å²) in [7, 11) is 3.99. The van der Waals surface area contributed by atoms with Gasteiger partial charge in [-0.2, -0.15) is 0 Å². The van der Waals surface area contributed by atoms with E-state index in [2.05, 4.69) is 9.97 Å². The van der Waals surface area contributed by atoms with Crippen LogP contribution in [0.5, 0.6) is 0 Å².